The van der Waals surface area contributed by atoms with Crippen molar-refractivity contribution in [2.24, 2.45) is 0 Å². The number of hydrogen-bond acceptors (Lipinski definition) is 5. The molecule has 7 nitrogen and oxygen atoms in total. The second-order valence-electron chi connectivity index (χ2n) is 8.98. The highest BCUT2D eigenvalue weighted by Crippen LogP contribution is 2.29. The number of carbonyl (C=O) groups is 1. The zero-order valence-electron chi connectivity index (χ0n) is 19.6. The summed E-state index contributed by atoms with van der Waals surface area (Å²) in [6.07, 6.45) is 0. The normalized spacial score (nSPS) is 12.4. The van der Waals surface area contributed by atoms with E-state index in [1.54, 1.807) is 100 Å². The van der Waals surface area contributed by atoms with Crippen LogP contribution in [0.3, 0.4) is 0 Å². The molecule has 34 heavy (non-hydrogen) atoms. The number of carbonyl (C=O) groups excluding carboxylic acids is 1. The molecule has 0 unspecified atom stereocenters. The van der Waals surface area contributed by atoms with Gasteiger partial charge in [-0.2, -0.15) is 5.26 Å². The zero-order chi connectivity index (χ0) is 24.9. The van der Waals surface area contributed by atoms with Gasteiger partial charge in [-0.05, 0) is 69.7 Å². The van der Waals surface area contributed by atoms with E-state index in [1.807, 2.05) is 0 Å². The molecule has 8 heteroatoms. The minimum atomic E-state index is -3.72. The fourth-order valence-corrected chi connectivity index (χ4v) is 5.02. The lowest BCUT2D eigenvalue weighted by Gasteiger charge is -2.21. The van der Waals surface area contributed by atoms with Crippen molar-refractivity contribution in [3.8, 4) is 17.2 Å². The zero-order valence-corrected chi connectivity index (χ0v) is 20.4. The van der Waals surface area contributed by atoms with Crippen molar-refractivity contribution in [2.75, 3.05) is 10.6 Å². The van der Waals surface area contributed by atoms with Gasteiger partial charge in [-0.25, -0.2) is 13.1 Å². The Morgan fingerprint density at radius 2 is 1.62 bits per heavy atom. The van der Waals surface area contributed by atoms with Gasteiger partial charge in [0, 0.05) is 22.5 Å². The number of hydrogen-bond donors (Lipinski definition) is 3. The summed E-state index contributed by atoms with van der Waals surface area (Å²) in [5, 5.41) is 15.0. The van der Waals surface area contributed by atoms with E-state index in [1.165, 1.54) is 0 Å². The van der Waals surface area contributed by atoms with E-state index in [9.17, 15) is 13.2 Å². The minimum Gasteiger partial charge on any atom is -0.374 e. The molecular weight excluding hydrogens is 448 g/mol. The summed E-state index contributed by atoms with van der Waals surface area (Å²) in [6.45, 7) is 7.11. The van der Waals surface area contributed by atoms with Gasteiger partial charge < -0.3 is 10.6 Å². The fraction of sp³-hybridized carbons (Fsp3) is 0.231. The molecule has 3 aromatic carbocycles. The van der Waals surface area contributed by atoms with Crippen LogP contribution in [0.25, 0.3) is 11.1 Å². The van der Waals surface area contributed by atoms with Crippen LogP contribution in [-0.4, -0.2) is 25.9 Å². The first kappa shape index (κ1) is 25.0. The molecule has 0 saturated carbocycles. The Bertz CT molecular complexity index is 1320. The number of sulfonamides is 1. The summed E-state index contributed by atoms with van der Waals surface area (Å²) in [6, 6.07) is 22.3. The Labute approximate surface area is 200 Å². The van der Waals surface area contributed by atoms with Gasteiger partial charge in [0.1, 0.15) is 6.04 Å². The molecule has 3 rings (SSSR count). The Kier molecular flexibility index (Phi) is 7.40. The second-order valence-corrected chi connectivity index (χ2v) is 10.6. The summed E-state index contributed by atoms with van der Waals surface area (Å²) < 4.78 is 28.5. The SMILES string of the molecule is C[C@@H](Nc1cccc(C#N)c1)C(=O)Nc1ccc(-c2ccccc2S(=O)(=O)NC(C)(C)C)cc1. The van der Waals surface area contributed by atoms with Crippen LogP contribution in [0.15, 0.2) is 77.7 Å². The predicted molar refractivity (Wildman–Crippen MR) is 135 cm³/mol. The van der Waals surface area contributed by atoms with Crippen molar-refractivity contribution in [1.82, 2.24) is 4.72 Å². The molecule has 0 aliphatic heterocycles. The summed E-state index contributed by atoms with van der Waals surface area (Å²) >= 11 is 0. The van der Waals surface area contributed by atoms with E-state index in [4.69, 9.17) is 5.26 Å². The third-order valence-corrected chi connectivity index (χ3v) is 6.66. The van der Waals surface area contributed by atoms with Crippen molar-refractivity contribution < 1.29 is 13.2 Å². The molecule has 1 amide bonds. The van der Waals surface area contributed by atoms with Crippen LogP contribution >= 0.6 is 0 Å². The molecule has 0 spiro atoms. The number of nitriles is 1. The molecular formula is C26H28N4O3S. The number of benzene rings is 3. The topological polar surface area (TPSA) is 111 Å². The number of rotatable bonds is 7. The molecule has 0 heterocycles. The van der Waals surface area contributed by atoms with E-state index in [-0.39, 0.29) is 10.8 Å². The third kappa shape index (κ3) is 6.44. The van der Waals surface area contributed by atoms with E-state index in [0.717, 1.165) is 0 Å². The van der Waals surface area contributed by atoms with Gasteiger partial charge >= 0.3 is 0 Å². The van der Waals surface area contributed by atoms with E-state index < -0.39 is 21.6 Å². The molecule has 176 valence electrons. The standard InChI is InChI=1S/C26H28N4O3S/c1-18(28-22-9-7-8-19(16-22)17-27)25(31)29-21-14-12-20(13-15-21)23-10-5-6-11-24(23)34(32,33)30-26(2,3)4/h5-16,18,28,30H,1-4H3,(H,29,31)/t18-/m1/s1. The Morgan fingerprint density at radius 1 is 0.941 bits per heavy atom. The summed E-state index contributed by atoms with van der Waals surface area (Å²) in [5.41, 5.74) is 2.45. The fourth-order valence-electron chi connectivity index (χ4n) is 3.38. The van der Waals surface area contributed by atoms with Gasteiger partial charge in [-0.15, -0.1) is 0 Å². The van der Waals surface area contributed by atoms with Gasteiger partial charge in [0.15, 0.2) is 0 Å². The molecule has 3 aromatic rings. The number of anilines is 2. The highest BCUT2D eigenvalue weighted by molar-refractivity contribution is 7.89. The van der Waals surface area contributed by atoms with Gasteiger partial charge in [0.25, 0.3) is 0 Å². The predicted octanol–water partition coefficient (Wildman–Crippen LogP) is 4.74. The van der Waals surface area contributed by atoms with E-state index >= 15 is 0 Å². The van der Waals surface area contributed by atoms with Gasteiger partial charge in [-0.3, -0.25) is 4.79 Å². The number of nitrogens with zero attached hydrogens (tertiary/aromatic N) is 1. The van der Waals surface area contributed by atoms with Gasteiger partial charge in [0.05, 0.1) is 16.5 Å². The van der Waals surface area contributed by atoms with Crippen molar-refractivity contribution in [2.45, 2.75) is 44.2 Å². The van der Waals surface area contributed by atoms with Crippen LogP contribution in [0, 0.1) is 11.3 Å². The average Bonchev–Trinajstić information content (AvgIpc) is 2.78. The first-order valence-corrected chi connectivity index (χ1v) is 12.3. The average molecular weight is 477 g/mol. The maximum absolute atomic E-state index is 12.9. The smallest absolute Gasteiger partial charge is 0.246 e. The number of nitrogens with one attached hydrogen (secondary N) is 3. The van der Waals surface area contributed by atoms with Crippen LogP contribution in [-0.2, 0) is 14.8 Å². The van der Waals surface area contributed by atoms with Crippen LogP contribution in [0.4, 0.5) is 11.4 Å². The van der Waals surface area contributed by atoms with E-state index in [2.05, 4.69) is 21.4 Å². The molecule has 1 atom stereocenters. The largest absolute Gasteiger partial charge is 0.374 e. The van der Waals surface area contributed by atoms with Crippen molar-refractivity contribution in [3.05, 3.63) is 78.4 Å². The maximum Gasteiger partial charge on any atom is 0.246 e. The highest BCUT2D eigenvalue weighted by Gasteiger charge is 2.24. The van der Waals surface area contributed by atoms with Crippen molar-refractivity contribution in [1.29, 1.82) is 5.26 Å². The molecule has 0 fully saturated rings. The lowest BCUT2D eigenvalue weighted by molar-refractivity contribution is -0.116. The second kappa shape index (κ2) is 10.1. The lowest BCUT2D eigenvalue weighted by Crippen LogP contribution is -2.40. The molecule has 0 bridgehead atoms. The quantitative estimate of drug-likeness (QED) is 0.456. The van der Waals surface area contributed by atoms with Crippen LogP contribution in [0.5, 0.6) is 0 Å². The first-order valence-electron chi connectivity index (χ1n) is 10.8. The Balaban J connectivity index is 1.75. The monoisotopic (exact) mass is 476 g/mol. The van der Waals surface area contributed by atoms with E-state index in [0.29, 0.717) is 28.1 Å². The van der Waals surface area contributed by atoms with Crippen LogP contribution in [0.2, 0.25) is 0 Å². The van der Waals surface area contributed by atoms with Crippen molar-refractivity contribution >= 4 is 27.3 Å². The van der Waals surface area contributed by atoms with Gasteiger partial charge in [-0.1, -0.05) is 36.4 Å². The molecule has 0 aromatic heterocycles. The summed E-state index contributed by atoms with van der Waals surface area (Å²) in [4.78, 5) is 12.8. The number of amides is 1. The Hall–Kier alpha value is -3.67. The summed E-state index contributed by atoms with van der Waals surface area (Å²) in [7, 11) is -3.72. The molecule has 0 saturated heterocycles. The minimum absolute atomic E-state index is 0.194. The molecule has 3 N–H and O–H groups in total. The maximum atomic E-state index is 12.9. The first-order chi connectivity index (χ1) is 16.0. The van der Waals surface area contributed by atoms with Crippen LogP contribution < -0.4 is 15.4 Å². The molecule has 0 aliphatic carbocycles. The third-order valence-electron chi connectivity index (χ3n) is 4.85. The summed E-state index contributed by atoms with van der Waals surface area (Å²) in [5.74, 6) is -0.243. The van der Waals surface area contributed by atoms with Crippen molar-refractivity contribution in [3.63, 3.8) is 0 Å². The van der Waals surface area contributed by atoms with Crippen LogP contribution in [0.1, 0.15) is 33.3 Å². The lowest BCUT2D eigenvalue weighted by atomic mass is 10.1. The Morgan fingerprint density at radius 3 is 2.26 bits per heavy atom. The highest BCUT2D eigenvalue weighted by atomic mass is 32.2. The molecule has 0 aliphatic rings. The molecule has 0 radical (unpaired) electrons. The van der Waals surface area contributed by atoms with Gasteiger partial charge in [0.2, 0.25) is 15.9 Å².